The first-order valence-electron chi connectivity index (χ1n) is 6.92. The number of aliphatic carboxylic acids is 1. The van der Waals surface area contributed by atoms with E-state index in [1.807, 2.05) is 0 Å². The summed E-state index contributed by atoms with van der Waals surface area (Å²) in [5.41, 5.74) is 0. The van der Waals surface area contributed by atoms with Gasteiger partial charge in [0.15, 0.2) is 0 Å². The number of urea groups is 1. The van der Waals surface area contributed by atoms with Gasteiger partial charge in [0.05, 0.1) is 18.1 Å². The third-order valence-electron chi connectivity index (χ3n) is 4.19. The number of rotatable bonds is 4. The van der Waals surface area contributed by atoms with Crippen LogP contribution in [0.4, 0.5) is 4.79 Å². The quantitative estimate of drug-likeness (QED) is 0.714. The van der Waals surface area contributed by atoms with Crippen molar-refractivity contribution < 1.29 is 19.4 Å². The molecule has 2 aliphatic carbocycles. The van der Waals surface area contributed by atoms with E-state index in [2.05, 4.69) is 10.6 Å². The molecule has 0 saturated heterocycles. The smallest absolute Gasteiger partial charge is 0.315 e. The van der Waals surface area contributed by atoms with E-state index < -0.39 is 5.97 Å². The van der Waals surface area contributed by atoms with Gasteiger partial charge in [0, 0.05) is 13.2 Å². The molecule has 0 heterocycles. The van der Waals surface area contributed by atoms with Crippen LogP contribution >= 0.6 is 0 Å². The van der Waals surface area contributed by atoms with Crippen LogP contribution in [0.3, 0.4) is 0 Å². The molecule has 4 unspecified atom stereocenters. The summed E-state index contributed by atoms with van der Waals surface area (Å²) in [6.45, 7) is 0. The Morgan fingerprint density at radius 3 is 2.58 bits per heavy atom. The molecule has 6 heteroatoms. The van der Waals surface area contributed by atoms with Crippen LogP contribution in [0.2, 0.25) is 0 Å². The van der Waals surface area contributed by atoms with Gasteiger partial charge in [-0.15, -0.1) is 0 Å². The first-order valence-corrected chi connectivity index (χ1v) is 6.92. The standard InChI is InChI=1S/C13H22N2O4/c1-19-11-4-2-3-10(11)15-13(18)14-9-6-5-8(7-9)12(16)17/h8-11H,2-7H2,1H3,(H,16,17)(H2,14,15,18). The van der Waals surface area contributed by atoms with E-state index >= 15 is 0 Å². The molecule has 3 N–H and O–H groups in total. The molecule has 19 heavy (non-hydrogen) atoms. The average molecular weight is 270 g/mol. The van der Waals surface area contributed by atoms with Crippen LogP contribution in [-0.4, -0.2) is 42.4 Å². The lowest BCUT2D eigenvalue weighted by molar-refractivity contribution is -0.141. The summed E-state index contributed by atoms with van der Waals surface area (Å²) in [7, 11) is 1.66. The Morgan fingerprint density at radius 2 is 1.95 bits per heavy atom. The van der Waals surface area contributed by atoms with Gasteiger partial charge in [-0.25, -0.2) is 4.79 Å². The molecule has 108 valence electrons. The fraction of sp³-hybridized carbons (Fsp3) is 0.846. The van der Waals surface area contributed by atoms with Crippen LogP contribution in [0.5, 0.6) is 0 Å². The highest BCUT2D eigenvalue weighted by atomic mass is 16.5. The van der Waals surface area contributed by atoms with E-state index in [-0.39, 0.29) is 30.1 Å². The van der Waals surface area contributed by atoms with Crippen molar-refractivity contribution in [3.63, 3.8) is 0 Å². The highest BCUT2D eigenvalue weighted by Gasteiger charge is 2.32. The summed E-state index contributed by atoms with van der Waals surface area (Å²) >= 11 is 0. The molecular formula is C13H22N2O4. The number of carbonyl (C=O) groups excluding carboxylic acids is 1. The second-order valence-electron chi connectivity index (χ2n) is 5.47. The zero-order valence-corrected chi connectivity index (χ0v) is 11.2. The minimum atomic E-state index is -0.764. The zero-order valence-electron chi connectivity index (χ0n) is 11.2. The number of hydrogen-bond donors (Lipinski definition) is 3. The van der Waals surface area contributed by atoms with Crippen molar-refractivity contribution in [3.8, 4) is 0 Å². The van der Waals surface area contributed by atoms with Crippen molar-refractivity contribution in [2.24, 2.45) is 5.92 Å². The maximum atomic E-state index is 11.9. The molecule has 2 rings (SSSR count). The summed E-state index contributed by atoms with van der Waals surface area (Å²) in [6, 6.07) is -0.157. The van der Waals surface area contributed by atoms with E-state index in [0.717, 1.165) is 25.7 Å². The summed E-state index contributed by atoms with van der Waals surface area (Å²) in [4.78, 5) is 22.7. The second kappa shape index (κ2) is 6.23. The van der Waals surface area contributed by atoms with Crippen LogP contribution in [0.1, 0.15) is 38.5 Å². The molecule has 0 spiro atoms. The van der Waals surface area contributed by atoms with E-state index in [9.17, 15) is 9.59 Å². The number of carboxylic acid groups (broad SMARTS) is 1. The maximum absolute atomic E-state index is 11.9. The van der Waals surface area contributed by atoms with Crippen molar-refractivity contribution >= 4 is 12.0 Å². The van der Waals surface area contributed by atoms with Crippen LogP contribution in [0.25, 0.3) is 0 Å². The van der Waals surface area contributed by atoms with Crippen LogP contribution in [0, 0.1) is 5.92 Å². The number of carboxylic acids is 1. The number of ether oxygens (including phenoxy) is 1. The van der Waals surface area contributed by atoms with Gasteiger partial charge in [0.25, 0.3) is 0 Å². The lowest BCUT2D eigenvalue weighted by Gasteiger charge is -2.21. The molecule has 4 atom stereocenters. The molecule has 0 radical (unpaired) electrons. The summed E-state index contributed by atoms with van der Waals surface area (Å²) in [6.07, 6.45) is 4.99. The largest absolute Gasteiger partial charge is 0.481 e. The minimum absolute atomic E-state index is 0.0245. The maximum Gasteiger partial charge on any atom is 0.315 e. The highest BCUT2D eigenvalue weighted by molar-refractivity contribution is 5.75. The number of carbonyl (C=O) groups is 2. The van der Waals surface area contributed by atoms with Crippen molar-refractivity contribution in [2.45, 2.75) is 56.7 Å². The molecule has 0 aromatic rings. The van der Waals surface area contributed by atoms with Crippen LogP contribution in [0.15, 0.2) is 0 Å². The molecule has 2 amide bonds. The number of amides is 2. The van der Waals surface area contributed by atoms with E-state index in [4.69, 9.17) is 9.84 Å². The van der Waals surface area contributed by atoms with Gasteiger partial charge in [-0.2, -0.15) is 0 Å². The topological polar surface area (TPSA) is 87.7 Å². The summed E-state index contributed by atoms with van der Waals surface area (Å²) in [5, 5.41) is 14.7. The van der Waals surface area contributed by atoms with Gasteiger partial charge in [-0.3, -0.25) is 4.79 Å². The van der Waals surface area contributed by atoms with Gasteiger partial charge in [0.2, 0.25) is 0 Å². The van der Waals surface area contributed by atoms with Crippen molar-refractivity contribution in [3.05, 3.63) is 0 Å². The summed E-state index contributed by atoms with van der Waals surface area (Å²) < 4.78 is 5.32. The molecule has 2 fully saturated rings. The normalized spacial score (nSPS) is 34.2. The Kier molecular flexibility index (Phi) is 4.63. The Bertz CT molecular complexity index is 348. The Morgan fingerprint density at radius 1 is 1.16 bits per heavy atom. The second-order valence-corrected chi connectivity index (χ2v) is 5.47. The SMILES string of the molecule is COC1CCCC1NC(=O)NC1CCC(C(=O)O)C1. The zero-order chi connectivity index (χ0) is 13.8. The van der Waals surface area contributed by atoms with Crippen molar-refractivity contribution in [2.75, 3.05) is 7.11 Å². The van der Waals surface area contributed by atoms with Gasteiger partial charge in [-0.05, 0) is 38.5 Å². The number of nitrogens with one attached hydrogen (secondary N) is 2. The fourth-order valence-electron chi connectivity index (χ4n) is 3.11. The van der Waals surface area contributed by atoms with Gasteiger partial charge in [-0.1, -0.05) is 0 Å². The molecule has 2 saturated carbocycles. The van der Waals surface area contributed by atoms with Crippen LogP contribution < -0.4 is 10.6 Å². The molecule has 6 nitrogen and oxygen atoms in total. The third-order valence-corrected chi connectivity index (χ3v) is 4.19. The fourth-order valence-corrected chi connectivity index (χ4v) is 3.11. The predicted molar refractivity (Wildman–Crippen MR) is 68.9 cm³/mol. The summed E-state index contributed by atoms with van der Waals surface area (Å²) in [5.74, 6) is -1.08. The first-order chi connectivity index (χ1) is 9.10. The average Bonchev–Trinajstić information content (AvgIpc) is 2.97. The molecule has 2 aliphatic rings. The minimum Gasteiger partial charge on any atom is -0.481 e. The first kappa shape index (κ1) is 14.1. The Hall–Kier alpha value is -1.30. The molecular weight excluding hydrogens is 248 g/mol. The van der Waals surface area contributed by atoms with E-state index in [1.165, 1.54) is 0 Å². The van der Waals surface area contributed by atoms with E-state index in [1.54, 1.807) is 7.11 Å². The monoisotopic (exact) mass is 270 g/mol. The number of methoxy groups -OCH3 is 1. The lowest BCUT2D eigenvalue weighted by atomic mass is 10.1. The van der Waals surface area contributed by atoms with E-state index in [0.29, 0.717) is 12.8 Å². The molecule has 0 aromatic heterocycles. The molecule has 0 bridgehead atoms. The van der Waals surface area contributed by atoms with Crippen LogP contribution in [-0.2, 0) is 9.53 Å². The van der Waals surface area contributed by atoms with Gasteiger partial charge in [0.1, 0.15) is 0 Å². The van der Waals surface area contributed by atoms with Crippen molar-refractivity contribution in [1.82, 2.24) is 10.6 Å². The van der Waals surface area contributed by atoms with Gasteiger partial charge < -0.3 is 20.5 Å². The third kappa shape index (κ3) is 3.59. The number of hydrogen-bond acceptors (Lipinski definition) is 3. The molecule has 0 aromatic carbocycles. The van der Waals surface area contributed by atoms with Crippen molar-refractivity contribution in [1.29, 1.82) is 0 Å². The highest BCUT2D eigenvalue weighted by Crippen LogP contribution is 2.26. The lowest BCUT2D eigenvalue weighted by Crippen LogP contribution is -2.48. The Labute approximate surface area is 112 Å². The van der Waals surface area contributed by atoms with Gasteiger partial charge >= 0.3 is 12.0 Å². The Balaban J connectivity index is 1.74. The predicted octanol–water partition coefficient (Wildman–Crippen LogP) is 1.11. The molecule has 0 aliphatic heterocycles.